The van der Waals surface area contributed by atoms with Crippen molar-refractivity contribution in [3.05, 3.63) is 88.5 Å². The third kappa shape index (κ3) is 4.55. The molecule has 152 valence electrons. The number of halogens is 6. The van der Waals surface area contributed by atoms with Crippen LogP contribution in [0.1, 0.15) is 24.5 Å². The summed E-state index contributed by atoms with van der Waals surface area (Å²) in [6.45, 7) is 1.35. The van der Waals surface area contributed by atoms with Gasteiger partial charge in [0.15, 0.2) is 34.8 Å². The van der Waals surface area contributed by atoms with Gasteiger partial charge < -0.3 is 4.74 Å². The molecular weight excluding hydrogens is 394 g/mol. The number of hydrogen-bond acceptors (Lipinski definition) is 1. The molecule has 0 N–H and O–H groups in total. The Balaban J connectivity index is 1.85. The van der Waals surface area contributed by atoms with E-state index in [9.17, 15) is 26.3 Å². The van der Waals surface area contributed by atoms with Gasteiger partial charge >= 0.3 is 0 Å². The zero-order valence-corrected chi connectivity index (χ0v) is 15.3. The van der Waals surface area contributed by atoms with Crippen LogP contribution >= 0.6 is 0 Å². The molecule has 0 aliphatic heterocycles. The molecular formula is C22H16F6O. The Kier molecular flexibility index (Phi) is 6.15. The maximum absolute atomic E-state index is 14.4. The molecule has 1 nitrogen and oxygen atoms in total. The third-order valence-corrected chi connectivity index (χ3v) is 4.31. The van der Waals surface area contributed by atoms with E-state index in [2.05, 4.69) is 0 Å². The van der Waals surface area contributed by atoms with Crippen molar-refractivity contribution < 1.29 is 31.1 Å². The minimum absolute atomic E-state index is 0.0215. The van der Waals surface area contributed by atoms with Gasteiger partial charge in [0.25, 0.3) is 0 Å². The van der Waals surface area contributed by atoms with Gasteiger partial charge in [-0.1, -0.05) is 25.5 Å². The summed E-state index contributed by atoms with van der Waals surface area (Å²) in [5, 5.41) is 0. The Morgan fingerprint density at radius 3 is 1.83 bits per heavy atom. The Bertz CT molecular complexity index is 1000. The van der Waals surface area contributed by atoms with E-state index in [1.807, 2.05) is 6.92 Å². The zero-order valence-electron chi connectivity index (χ0n) is 15.3. The fraction of sp³-hybridized carbons (Fsp3) is 0.182. The van der Waals surface area contributed by atoms with Crippen LogP contribution in [0.2, 0.25) is 0 Å². The molecule has 0 radical (unpaired) electrons. The molecule has 3 aromatic carbocycles. The maximum atomic E-state index is 14.4. The molecule has 0 unspecified atom stereocenters. The van der Waals surface area contributed by atoms with Gasteiger partial charge in [0, 0.05) is 5.56 Å². The fourth-order valence-corrected chi connectivity index (χ4v) is 2.94. The van der Waals surface area contributed by atoms with E-state index in [-0.39, 0.29) is 16.7 Å². The number of hydrogen-bond donors (Lipinski definition) is 0. The van der Waals surface area contributed by atoms with Crippen molar-refractivity contribution in [2.24, 2.45) is 0 Å². The van der Waals surface area contributed by atoms with E-state index >= 15 is 0 Å². The zero-order chi connectivity index (χ0) is 21.1. The first kappa shape index (κ1) is 20.8. The smallest absolute Gasteiger partial charge is 0.194 e. The SMILES string of the molecule is CCCc1ccc(-c2cc(F)c(OCc3cc(F)c(F)c(F)c3)c(F)c2)c(F)c1. The second-order valence-electron chi connectivity index (χ2n) is 6.50. The van der Waals surface area contributed by atoms with E-state index in [1.165, 1.54) is 12.1 Å². The van der Waals surface area contributed by atoms with Crippen LogP contribution in [0.4, 0.5) is 26.3 Å². The molecule has 3 aromatic rings. The molecule has 29 heavy (non-hydrogen) atoms. The van der Waals surface area contributed by atoms with E-state index in [4.69, 9.17) is 4.74 Å². The Morgan fingerprint density at radius 1 is 0.690 bits per heavy atom. The van der Waals surface area contributed by atoms with Crippen molar-refractivity contribution in [2.75, 3.05) is 0 Å². The second-order valence-corrected chi connectivity index (χ2v) is 6.50. The minimum atomic E-state index is -1.65. The first-order chi connectivity index (χ1) is 13.8. The molecule has 0 saturated carbocycles. The van der Waals surface area contributed by atoms with Crippen LogP contribution < -0.4 is 4.74 Å². The summed E-state index contributed by atoms with van der Waals surface area (Å²) in [5.41, 5.74) is 0.624. The molecule has 0 spiro atoms. The number of ether oxygens (including phenoxy) is 1. The highest BCUT2D eigenvalue weighted by Gasteiger charge is 2.17. The molecule has 0 amide bonds. The molecule has 0 heterocycles. The quantitative estimate of drug-likeness (QED) is 0.324. The molecule has 0 fully saturated rings. The monoisotopic (exact) mass is 410 g/mol. The lowest BCUT2D eigenvalue weighted by Crippen LogP contribution is -2.03. The lowest BCUT2D eigenvalue weighted by atomic mass is 10.0. The van der Waals surface area contributed by atoms with E-state index in [0.29, 0.717) is 18.6 Å². The fourth-order valence-electron chi connectivity index (χ4n) is 2.94. The van der Waals surface area contributed by atoms with Gasteiger partial charge in [-0.3, -0.25) is 0 Å². The van der Waals surface area contributed by atoms with Crippen LogP contribution in [0.25, 0.3) is 11.1 Å². The minimum Gasteiger partial charge on any atom is -0.483 e. The van der Waals surface area contributed by atoms with Crippen molar-refractivity contribution in [3.63, 3.8) is 0 Å². The highest BCUT2D eigenvalue weighted by Crippen LogP contribution is 2.31. The number of benzene rings is 3. The van der Waals surface area contributed by atoms with Crippen molar-refractivity contribution in [2.45, 2.75) is 26.4 Å². The molecule has 0 bridgehead atoms. The van der Waals surface area contributed by atoms with Gasteiger partial charge in [-0.25, -0.2) is 26.3 Å². The summed E-state index contributed by atoms with van der Waals surface area (Å²) in [6.07, 6.45) is 1.51. The predicted molar refractivity (Wildman–Crippen MR) is 96.4 cm³/mol. The summed E-state index contributed by atoms with van der Waals surface area (Å²) in [4.78, 5) is 0. The van der Waals surface area contributed by atoms with Gasteiger partial charge in [0.1, 0.15) is 12.4 Å². The van der Waals surface area contributed by atoms with E-state index < -0.39 is 47.3 Å². The standard InChI is InChI=1S/C22H16F6O/c1-2-3-12-4-5-15(16(23)6-12)14-9-19(26)22(20(27)10-14)29-11-13-7-17(24)21(28)18(25)8-13/h4-10H,2-3,11H2,1H3. The average Bonchev–Trinajstić information content (AvgIpc) is 2.65. The van der Waals surface area contributed by atoms with Crippen LogP contribution in [0, 0.1) is 34.9 Å². The van der Waals surface area contributed by atoms with Gasteiger partial charge in [0.05, 0.1) is 0 Å². The lowest BCUT2D eigenvalue weighted by Gasteiger charge is -2.12. The van der Waals surface area contributed by atoms with Crippen molar-refractivity contribution in [1.29, 1.82) is 0 Å². The highest BCUT2D eigenvalue weighted by molar-refractivity contribution is 5.65. The average molecular weight is 410 g/mol. The van der Waals surface area contributed by atoms with Crippen LogP contribution in [-0.2, 0) is 13.0 Å². The van der Waals surface area contributed by atoms with Gasteiger partial charge in [-0.2, -0.15) is 0 Å². The maximum Gasteiger partial charge on any atom is 0.194 e. The molecule has 0 aliphatic rings. The number of rotatable bonds is 6. The molecule has 0 aliphatic carbocycles. The summed E-state index contributed by atoms with van der Waals surface area (Å²) >= 11 is 0. The number of aryl methyl sites for hydroxylation is 1. The van der Waals surface area contributed by atoms with Crippen molar-refractivity contribution in [1.82, 2.24) is 0 Å². The van der Waals surface area contributed by atoms with E-state index in [1.54, 1.807) is 6.07 Å². The summed E-state index contributed by atoms with van der Waals surface area (Å²) in [6, 6.07) is 7.57. The highest BCUT2D eigenvalue weighted by atomic mass is 19.2. The second kappa shape index (κ2) is 8.59. The predicted octanol–water partition coefficient (Wildman–Crippen LogP) is 6.72. The van der Waals surface area contributed by atoms with Gasteiger partial charge in [-0.05, 0) is 53.4 Å². The molecule has 7 heteroatoms. The van der Waals surface area contributed by atoms with Crippen LogP contribution in [-0.4, -0.2) is 0 Å². The van der Waals surface area contributed by atoms with Crippen molar-refractivity contribution in [3.8, 4) is 16.9 Å². The Labute approximate surface area is 163 Å². The third-order valence-electron chi connectivity index (χ3n) is 4.31. The van der Waals surface area contributed by atoms with Crippen LogP contribution in [0.15, 0.2) is 42.5 Å². The molecule has 0 aromatic heterocycles. The normalized spacial score (nSPS) is 11.0. The largest absolute Gasteiger partial charge is 0.483 e. The lowest BCUT2D eigenvalue weighted by molar-refractivity contribution is 0.272. The Hall–Kier alpha value is -2.96. The first-order valence-corrected chi connectivity index (χ1v) is 8.84. The first-order valence-electron chi connectivity index (χ1n) is 8.84. The summed E-state index contributed by atoms with van der Waals surface area (Å²) in [7, 11) is 0. The Morgan fingerprint density at radius 2 is 1.28 bits per heavy atom. The summed E-state index contributed by atoms with van der Waals surface area (Å²) < 4.78 is 87.4. The topological polar surface area (TPSA) is 9.23 Å². The van der Waals surface area contributed by atoms with E-state index in [0.717, 1.165) is 24.1 Å². The summed E-state index contributed by atoms with van der Waals surface area (Å²) in [5.74, 6) is -8.16. The van der Waals surface area contributed by atoms with Crippen LogP contribution in [0.3, 0.4) is 0 Å². The molecule has 0 saturated heterocycles. The van der Waals surface area contributed by atoms with Crippen molar-refractivity contribution >= 4 is 0 Å². The molecule has 3 rings (SSSR count). The van der Waals surface area contributed by atoms with Gasteiger partial charge in [0.2, 0.25) is 0 Å². The van der Waals surface area contributed by atoms with Crippen LogP contribution in [0.5, 0.6) is 5.75 Å². The van der Waals surface area contributed by atoms with Gasteiger partial charge in [-0.15, -0.1) is 0 Å². The molecule has 0 atom stereocenters.